The quantitative estimate of drug-likeness (QED) is 0.700. The third-order valence-electron chi connectivity index (χ3n) is 3.92. The molecule has 1 fully saturated rings. The molecule has 1 aliphatic heterocycles. The molecule has 3 aromatic heterocycles. The largest absolute Gasteiger partial charge is 0.471 e. The number of nitrogens with one attached hydrogen (secondary N) is 1. The maximum atomic E-state index is 12.5. The van der Waals surface area contributed by atoms with Gasteiger partial charge in [0.15, 0.2) is 5.13 Å². The van der Waals surface area contributed by atoms with Crippen molar-refractivity contribution in [1.82, 2.24) is 15.0 Å². The normalized spacial score (nSPS) is 16.3. The summed E-state index contributed by atoms with van der Waals surface area (Å²) in [6, 6.07) is 5.28. The van der Waals surface area contributed by atoms with E-state index in [2.05, 4.69) is 20.3 Å². The van der Waals surface area contributed by atoms with Gasteiger partial charge >= 0.3 is 0 Å². The van der Waals surface area contributed by atoms with Gasteiger partial charge in [-0.3, -0.25) is 15.1 Å². The fraction of sp³-hybridized carbons (Fsp3) is 0.222. The summed E-state index contributed by atoms with van der Waals surface area (Å²) in [6.45, 7) is 1.18. The third-order valence-corrected chi connectivity index (χ3v) is 4.95. The predicted molar refractivity (Wildman–Crippen MR) is 102 cm³/mol. The second-order valence-corrected chi connectivity index (χ2v) is 7.11. The Morgan fingerprint density at radius 1 is 1.41 bits per heavy atom. The number of amides is 1. The van der Waals surface area contributed by atoms with E-state index < -0.39 is 0 Å². The lowest BCUT2D eigenvalue weighted by atomic mass is 10.2. The van der Waals surface area contributed by atoms with E-state index in [0.29, 0.717) is 29.8 Å². The maximum Gasteiger partial charge on any atom is 0.259 e. The van der Waals surface area contributed by atoms with E-state index in [-0.39, 0.29) is 17.0 Å². The van der Waals surface area contributed by atoms with Crippen LogP contribution in [-0.2, 0) is 4.74 Å². The van der Waals surface area contributed by atoms with Gasteiger partial charge in [0.05, 0.1) is 24.5 Å². The Morgan fingerprint density at radius 2 is 2.33 bits per heavy atom. The monoisotopic (exact) mass is 402 g/mol. The van der Waals surface area contributed by atoms with Gasteiger partial charge in [-0.25, -0.2) is 9.97 Å². The summed E-state index contributed by atoms with van der Waals surface area (Å²) >= 11 is 7.54. The summed E-state index contributed by atoms with van der Waals surface area (Å²) in [7, 11) is 0. The van der Waals surface area contributed by atoms with Crippen molar-refractivity contribution < 1.29 is 14.3 Å². The molecule has 1 saturated heterocycles. The number of anilines is 1. The van der Waals surface area contributed by atoms with Gasteiger partial charge in [-0.15, -0.1) is 11.3 Å². The van der Waals surface area contributed by atoms with E-state index in [9.17, 15) is 4.79 Å². The Labute approximate surface area is 164 Å². The molecule has 0 saturated carbocycles. The summed E-state index contributed by atoms with van der Waals surface area (Å²) < 4.78 is 11.0. The summed E-state index contributed by atoms with van der Waals surface area (Å²) in [5.41, 5.74) is 1.96. The fourth-order valence-electron chi connectivity index (χ4n) is 2.55. The fourth-order valence-corrected chi connectivity index (χ4v) is 3.47. The lowest BCUT2D eigenvalue weighted by molar-refractivity contribution is 0.102. The van der Waals surface area contributed by atoms with Gasteiger partial charge in [-0.05, 0) is 18.2 Å². The van der Waals surface area contributed by atoms with Crippen LogP contribution in [0.1, 0.15) is 16.8 Å². The zero-order chi connectivity index (χ0) is 18.6. The number of carbonyl (C=O) groups excluding carboxylic acids is 1. The highest BCUT2D eigenvalue weighted by molar-refractivity contribution is 7.14. The first-order chi connectivity index (χ1) is 13.2. The Morgan fingerprint density at radius 3 is 3.07 bits per heavy atom. The summed E-state index contributed by atoms with van der Waals surface area (Å²) in [4.78, 5) is 25.1. The van der Waals surface area contributed by atoms with Gasteiger partial charge in [0.25, 0.3) is 5.91 Å². The number of rotatable bonds is 5. The van der Waals surface area contributed by atoms with Gasteiger partial charge in [-0.2, -0.15) is 0 Å². The minimum absolute atomic E-state index is 0.0594. The summed E-state index contributed by atoms with van der Waals surface area (Å²) in [5.74, 6) is -0.0379. The summed E-state index contributed by atoms with van der Waals surface area (Å²) in [6.07, 6.45) is 5.59. The van der Waals surface area contributed by atoms with Crippen LogP contribution >= 0.6 is 22.9 Å². The Balaban J connectivity index is 1.44. The maximum absolute atomic E-state index is 12.5. The molecule has 0 aliphatic carbocycles. The first kappa shape index (κ1) is 17.8. The third kappa shape index (κ3) is 4.24. The van der Waals surface area contributed by atoms with Crippen LogP contribution in [0.25, 0.3) is 11.3 Å². The molecule has 0 aromatic carbocycles. The van der Waals surface area contributed by atoms with E-state index in [1.165, 1.54) is 23.6 Å². The van der Waals surface area contributed by atoms with Crippen molar-refractivity contribution >= 4 is 34.0 Å². The molecule has 27 heavy (non-hydrogen) atoms. The highest BCUT2D eigenvalue weighted by Gasteiger charge is 2.20. The number of ether oxygens (including phenoxy) is 2. The molecular formula is C18H15ClN4O3S. The van der Waals surface area contributed by atoms with Gasteiger partial charge in [-0.1, -0.05) is 11.6 Å². The molecule has 1 N–H and O–H groups in total. The molecule has 7 nitrogen and oxygen atoms in total. The molecule has 0 radical (unpaired) electrons. The number of halogens is 1. The van der Waals surface area contributed by atoms with Crippen LogP contribution in [-0.4, -0.2) is 40.2 Å². The molecule has 3 aromatic rings. The zero-order valence-electron chi connectivity index (χ0n) is 14.1. The van der Waals surface area contributed by atoms with Crippen LogP contribution in [0.5, 0.6) is 5.88 Å². The van der Waals surface area contributed by atoms with Crippen LogP contribution in [0.2, 0.25) is 5.02 Å². The molecule has 0 spiro atoms. The van der Waals surface area contributed by atoms with Crippen molar-refractivity contribution in [1.29, 1.82) is 0 Å². The number of carbonyl (C=O) groups is 1. The highest BCUT2D eigenvalue weighted by Crippen LogP contribution is 2.27. The van der Waals surface area contributed by atoms with E-state index in [1.54, 1.807) is 12.4 Å². The molecule has 4 rings (SSSR count). The van der Waals surface area contributed by atoms with Crippen LogP contribution < -0.4 is 10.1 Å². The molecule has 1 unspecified atom stereocenters. The predicted octanol–water partition coefficient (Wildman–Crippen LogP) is 3.67. The van der Waals surface area contributed by atoms with E-state index in [0.717, 1.165) is 17.7 Å². The van der Waals surface area contributed by atoms with Gasteiger partial charge in [0.2, 0.25) is 5.88 Å². The lowest BCUT2D eigenvalue weighted by Gasteiger charge is -2.12. The first-order valence-electron chi connectivity index (χ1n) is 8.26. The van der Waals surface area contributed by atoms with Crippen LogP contribution in [0.4, 0.5) is 5.13 Å². The smallest absolute Gasteiger partial charge is 0.259 e. The molecule has 1 atom stereocenters. The Bertz CT molecular complexity index is 945. The zero-order valence-corrected chi connectivity index (χ0v) is 15.7. The van der Waals surface area contributed by atoms with Crippen molar-refractivity contribution in [2.24, 2.45) is 0 Å². The molecule has 0 bridgehead atoms. The number of hydrogen-bond acceptors (Lipinski definition) is 7. The topological polar surface area (TPSA) is 86.2 Å². The number of pyridine rings is 2. The number of nitrogens with zero attached hydrogens (tertiary/aromatic N) is 3. The molecule has 138 valence electrons. The molecule has 1 amide bonds. The second-order valence-electron chi connectivity index (χ2n) is 5.85. The molecule has 1 aliphatic rings. The minimum Gasteiger partial charge on any atom is -0.471 e. The van der Waals surface area contributed by atoms with Crippen molar-refractivity contribution in [2.45, 2.75) is 12.5 Å². The van der Waals surface area contributed by atoms with Crippen LogP contribution in [0.15, 0.2) is 42.2 Å². The van der Waals surface area contributed by atoms with Crippen LogP contribution in [0.3, 0.4) is 0 Å². The average molecular weight is 403 g/mol. The SMILES string of the molecule is O=C(Nc1nc(-c2cccnc2)cs1)c1cnc(OC2CCOC2)c(Cl)c1. The first-order valence-corrected chi connectivity index (χ1v) is 9.52. The number of aromatic nitrogens is 3. The van der Waals surface area contributed by atoms with E-state index in [4.69, 9.17) is 21.1 Å². The number of thiazole rings is 1. The van der Waals surface area contributed by atoms with Gasteiger partial charge in [0, 0.05) is 36.0 Å². The van der Waals surface area contributed by atoms with Crippen molar-refractivity contribution in [3.05, 3.63) is 52.8 Å². The minimum atomic E-state index is -0.341. The van der Waals surface area contributed by atoms with Gasteiger partial charge < -0.3 is 9.47 Å². The highest BCUT2D eigenvalue weighted by atomic mass is 35.5. The molecule has 4 heterocycles. The Hall–Kier alpha value is -2.55. The standard InChI is InChI=1S/C18H15ClN4O3S/c19-14-6-12(8-21-17(14)26-13-3-5-25-9-13)16(24)23-18-22-15(10-27-18)11-2-1-4-20-7-11/h1-2,4,6-8,10,13H,3,5,9H2,(H,22,23,24). The van der Waals surface area contributed by atoms with Crippen molar-refractivity contribution in [3.63, 3.8) is 0 Å². The average Bonchev–Trinajstić information content (AvgIpc) is 3.36. The van der Waals surface area contributed by atoms with Crippen molar-refractivity contribution in [2.75, 3.05) is 18.5 Å². The molecule has 9 heteroatoms. The molecular weight excluding hydrogens is 388 g/mol. The second kappa shape index (κ2) is 7.99. The van der Waals surface area contributed by atoms with Crippen LogP contribution in [0, 0.1) is 0 Å². The summed E-state index contributed by atoms with van der Waals surface area (Å²) in [5, 5.41) is 5.38. The van der Waals surface area contributed by atoms with Crippen molar-refractivity contribution in [3.8, 4) is 17.1 Å². The lowest BCUT2D eigenvalue weighted by Crippen LogP contribution is -2.17. The van der Waals surface area contributed by atoms with E-state index in [1.807, 2.05) is 17.5 Å². The Kier molecular flexibility index (Phi) is 5.28. The van der Waals surface area contributed by atoms with Gasteiger partial charge in [0.1, 0.15) is 11.1 Å². The number of hydrogen-bond donors (Lipinski definition) is 1. The van der Waals surface area contributed by atoms with E-state index >= 15 is 0 Å².